The highest BCUT2D eigenvalue weighted by Crippen LogP contribution is 2.13. The summed E-state index contributed by atoms with van der Waals surface area (Å²) in [5.74, 6) is 0. The van der Waals surface area contributed by atoms with Crippen LogP contribution < -0.4 is 17.1 Å². The molecule has 6 nitrogen and oxygen atoms in total. The Bertz CT molecular complexity index is 452. The summed E-state index contributed by atoms with van der Waals surface area (Å²) in [6, 6.07) is 0. The molecular formula is C8H13N3O3. The van der Waals surface area contributed by atoms with Crippen LogP contribution in [0.25, 0.3) is 0 Å². The monoisotopic (exact) mass is 199 g/mol. The first kappa shape index (κ1) is 10.5. The van der Waals surface area contributed by atoms with Crippen LogP contribution in [0.5, 0.6) is 0 Å². The highest BCUT2D eigenvalue weighted by atomic mass is 16.2. The van der Waals surface area contributed by atoms with Gasteiger partial charge in [-0.25, -0.2) is 19.0 Å². The highest BCUT2D eigenvalue weighted by Gasteiger charge is 2.14. The molecule has 0 saturated carbocycles. The molecule has 0 radical (unpaired) electrons. The number of aromatic nitrogens is 3. The van der Waals surface area contributed by atoms with Crippen molar-refractivity contribution in [2.75, 3.05) is 0 Å². The van der Waals surface area contributed by atoms with E-state index in [1.54, 1.807) is 0 Å². The van der Waals surface area contributed by atoms with Gasteiger partial charge in [0.1, 0.15) is 0 Å². The quantitative estimate of drug-likeness (QED) is 0.625. The van der Waals surface area contributed by atoms with Crippen LogP contribution in [0, 0.1) is 5.41 Å². The molecule has 0 aromatic carbocycles. The zero-order valence-electron chi connectivity index (χ0n) is 8.38. The predicted octanol–water partition coefficient (Wildman–Crippen LogP) is -0.729. The molecule has 6 heteroatoms. The van der Waals surface area contributed by atoms with Crippen molar-refractivity contribution in [1.82, 2.24) is 14.5 Å². The lowest BCUT2D eigenvalue weighted by atomic mass is 9.97. The van der Waals surface area contributed by atoms with Crippen LogP contribution in [0.1, 0.15) is 20.8 Å². The highest BCUT2D eigenvalue weighted by molar-refractivity contribution is 4.73. The van der Waals surface area contributed by atoms with E-state index in [2.05, 4.69) is 0 Å². The van der Waals surface area contributed by atoms with Crippen molar-refractivity contribution in [2.45, 2.75) is 27.3 Å². The summed E-state index contributed by atoms with van der Waals surface area (Å²) in [7, 11) is 0. The molecule has 0 bridgehead atoms. The molecule has 1 rings (SSSR count). The summed E-state index contributed by atoms with van der Waals surface area (Å²) in [5.41, 5.74) is -2.32. The van der Waals surface area contributed by atoms with Gasteiger partial charge in [0.15, 0.2) is 0 Å². The van der Waals surface area contributed by atoms with E-state index in [0.29, 0.717) is 0 Å². The van der Waals surface area contributed by atoms with Gasteiger partial charge in [0.25, 0.3) is 0 Å². The summed E-state index contributed by atoms with van der Waals surface area (Å²) in [4.78, 5) is 37.2. The van der Waals surface area contributed by atoms with Crippen molar-refractivity contribution in [2.24, 2.45) is 5.41 Å². The molecule has 0 aliphatic heterocycles. The third-order valence-electron chi connectivity index (χ3n) is 1.56. The summed E-state index contributed by atoms with van der Waals surface area (Å²) in [6.45, 7) is 5.94. The average molecular weight is 199 g/mol. The van der Waals surface area contributed by atoms with E-state index in [-0.39, 0.29) is 12.0 Å². The van der Waals surface area contributed by atoms with Gasteiger partial charge in [-0.1, -0.05) is 20.8 Å². The Hall–Kier alpha value is -1.59. The fraction of sp³-hybridized carbons (Fsp3) is 0.625. The lowest BCUT2D eigenvalue weighted by molar-refractivity contribution is 0.326. The molecule has 0 saturated heterocycles. The first-order chi connectivity index (χ1) is 6.29. The van der Waals surface area contributed by atoms with E-state index in [9.17, 15) is 14.4 Å². The zero-order valence-corrected chi connectivity index (χ0v) is 8.38. The summed E-state index contributed by atoms with van der Waals surface area (Å²) in [5, 5.41) is 0. The van der Waals surface area contributed by atoms with E-state index in [4.69, 9.17) is 0 Å². The molecule has 0 amide bonds. The van der Waals surface area contributed by atoms with E-state index in [0.717, 1.165) is 4.57 Å². The zero-order chi connectivity index (χ0) is 10.9. The van der Waals surface area contributed by atoms with Crippen molar-refractivity contribution in [3.8, 4) is 0 Å². The number of nitrogens with zero attached hydrogens (tertiary/aromatic N) is 1. The Morgan fingerprint density at radius 3 is 1.86 bits per heavy atom. The lowest BCUT2D eigenvalue weighted by Gasteiger charge is -2.17. The topological polar surface area (TPSA) is 87.7 Å². The van der Waals surface area contributed by atoms with Crippen LogP contribution in [0.4, 0.5) is 0 Å². The maximum atomic E-state index is 11.2. The molecule has 1 aromatic rings. The Balaban J connectivity index is 3.30. The third-order valence-corrected chi connectivity index (χ3v) is 1.56. The van der Waals surface area contributed by atoms with Crippen molar-refractivity contribution >= 4 is 0 Å². The van der Waals surface area contributed by atoms with Gasteiger partial charge in [-0.2, -0.15) is 0 Å². The van der Waals surface area contributed by atoms with E-state index in [1.165, 1.54) is 0 Å². The van der Waals surface area contributed by atoms with Crippen LogP contribution in [0.2, 0.25) is 0 Å². The molecule has 0 unspecified atom stereocenters. The van der Waals surface area contributed by atoms with Crippen molar-refractivity contribution in [1.29, 1.82) is 0 Å². The normalized spacial score (nSPS) is 11.6. The minimum atomic E-state index is -0.773. The molecule has 1 aromatic heterocycles. The fourth-order valence-electron chi connectivity index (χ4n) is 1.07. The number of hydrogen-bond donors (Lipinski definition) is 2. The Labute approximate surface area is 79.6 Å². The van der Waals surface area contributed by atoms with E-state index in [1.807, 2.05) is 30.7 Å². The maximum absolute atomic E-state index is 11.2. The minimum Gasteiger partial charge on any atom is -0.259 e. The third kappa shape index (κ3) is 2.45. The van der Waals surface area contributed by atoms with Gasteiger partial charge in [0.05, 0.1) is 0 Å². The first-order valence-corrected chi connectivity index (χ1v) is 4.23. The molecule has 0 aliphatic rings. The molecule has 78 valence electrons. The number of aromatic amines is 2. The van der Waals surface area contributed by atoms with Crippen LogP contribution >= 0.6 is 0 Å². The molecule has 0 spiro atoms. The Morgan fingerprint density at radius 1 is 1.07 bits per heavy atom. The molecule has 0 aliphatic carbocycles. The SMILES string of the molecule is CC(C)(C)Cn1c(=O)[nH]c(=O)[nH]c1=O. The molecule has 2 N–H and O–H groups in total. The number of nitrogens with one attached hydrogen (secondary N) is 2. The summed E-state index contributed by atoms with van der Waals surface area (Å²) in [6.07, 6.45) is 0. The minimum absolute atomic E-state index is 0.199. The van der Waals surface area contributed by atoms with Crippen molar-refractivity contribution < 1.29 is 0 Å². The number of H-pyrrole nitrogens is 2. The first-order valence-electron chi connectivity index (χ1n) is 4.23. The molecule has 14 heavy (non-hydrogen) atoms. The maximum Gasteiger partial charge on any atom is 0.333 e. The standard InChI is InChI=1S/C8H13N3O3/c1-8(2,3)4-11-6(13)9-5(12)10-7(11)14/h4H2,1-3H3,(H2,9,10,12,13,14). The number of rotatable bonds is 1. The molecule has 1 heterocycles. The van der Waals surface area contributed by atoms with Crippen LogP contribution in [0.15, 0.2) is 14.4 Å². The second-order valence-corrected chi connectivity index (χ2v) is 4.34. The van der Waals surface area contributed by atoms with Gasteiger partial charge >= 0.3 is 17.1 Å². The Kier molecular flexibility index (Phi) is 2.46. The Morgan fingerprint density at radius 2 is 1.50 bits per heavy atom. The van der Waals surface area contributed by atoms with E-state index >= 15 is 0 Å². The van der Waals surface area contributed by atoms with Gasteiger partial charge in [0.2, 0.25) is 0 Å². The second kappa shape index (κ2) is 3.28. The average Bonchev–Trinajstić information content (AvgIpc) is 1.95. The summed E-state index contributed by atoms with van der Waals surface area (Å²) < 4.78 is 0.974. The number of hydrogen-bond acceptors (Lipinski definition) is 3. The smallest absolute Gasteiger partial charge is 0.259 e. The largest absolute Gasteiger partial charge is 0.333 e. The molecule has 0 atom stereocenters. The van der Waals surface area contributed by atoms with Crippen molar-refractivity contribution in [3.63, 3.8) is 0 Å². The fourth-order valence-corrected chi connectivity index (χ4v) is 1.07. The van der Waals surface area contributed by atoms with Gasteiger partial charge in [0, 0.05) is 6.54 Å². The van der Waals surface area contributed by atoms with Gasteiger partial charge in [-0.15, -0.1) is 0 Å². The molecular weight excluding hydrogens is 186 g/mol. The lowest BCUT2D eigenvalue weighted by Crippen LogP contribution is -2.45. The van der Waals surface area contributed by atoms with Crippen molar-refractivity contribution in [3.05, 3.63) is 31.5 Å². The van der Waals surface area contributed by atoms with Gasteiger partial charge in [-0.3, -0.25) is 9.97 Å². The predicted molar refractivity (Wildman–Crippen MR) is 51.4 cm³/mol. The van der Waals surface area contributed by atoms with Crippen LogP contribution in [-0.2, 0) is 6.54 Å². The van der Waals surface area contributed by atoms with Gasteiger partial charge in [-0.05, 0) is 5.41 Å². The molecule has 0 fully saturated rings. The summed E-state index contributed by atoms with van der Waals surface area (Å²) >= 11 is 0. The van der Waals surface area contributed by atoms with Crippen LogP contribution in [0.3, 0.4) is 0 Å². The van der Waals surface area contributed by atoms with E-state index < -0.39 is 17.1 Å². The van der Waals surface area contributed by atoms with Gasteiger partial charge < -0.3 is 0 Å². The second-order valence-electron chi connectivity index (χ2n) is 4.34. The van der Waals surface area contributed by atoms with Crippen LogP contribution in [-0.4, -0.2) is 14.5 Å².